The van der Waals surface area contributed by atoms with Crippen LogP contribution in [0.5, 0.6) is 0 Å². The van der Waals surface area contributed by atoms with Crippen molar-refractivity contribution in [3.05, 3.63) is 22.5 Å². The van der Waals surface area contributed by atoms with Crippen molar-refractivity contribution >= 4 is 16.3 Å². The van der Waals surface area contributed by atoms with Gasteiger partial charge < -0.3 is 15.0 Å². The number of imidazole rings is 1. The third-order valence-corrected chi connectivity index (χ3v) is 4.65. The van der Waals surface area contributed by atoms with E-state index in [4.69, 9.17) is 4.74 Å². The summed E-state index contributed by atoms with van der Waals surface area (Å²) in [7, 11) is 2.15. The van der Waals surface area contributed by atoms with Crippen LogP contribution in [0.25, 0.3) is 4.96 Å². The quantitative estimate of drug-likeness (QED) is 0.926. The van der Waals surface area contributed by atoms with Crippen LogP contribution in [0.15, 0.2) is 6.20 Å². The van der Waals surface area contributed by atoms with Crippen LogP contribution in [0, 0.1) is 13.8 Å². The van der Waals surface area contributed by atoms with Crippen LogP contribution < -0.4 is 5.32 Å². The second kappa shape index (κ2) is 5.81. The van der Waals surface area contributed by atoms with Crippen molar-refractivity contribution in [1.82, 2.24) is 19.6 Å². The van der Waals surface area contributed by atoms with Crippen molar-refractivity contribution < 1.29 is 4.74 Å². The van der Waals surface area contributed by atoms with E-state index in [1.54, 1.807) is 11.3 Å². The molecule has 0 aromatic carbocycles. The zero-order valence-corrected chi connectivity index (χ0v) is 13.2. The van der Waals surface area contributed by atoms with Gasteiger partial charge in [-0.05, 0) is 20.9 Å². The van der Waals surface area contributed by atoms with Crippen molar-refractivity contribution in [1.29, 1.82) is 0 Å². The summed E-state index contributed by atoms with van der Waals surface area (Å²) in [5.41, 5.74) is 2.37. The van der Waals surface area contributed by atoms with Gasteiger partial charge in [0, 0.05) is 37.3 Å². The van der Waals surface area contributed by atoms with E-state index < -0.39 is 0 Å². The molecule has 2 aromatic heterocycles. The molecule has 1 aliphatic rings. The molecule has 0 unspecified atom stereocenters. The summed E-state index contributed by atoms with van der Waals surface area (Å²) in [4.78, 5) is 9.32. The van der Waals surface area contributed by atoms with E-state index in [9.17, 15) is 0 Å². The Balaban J connectivity index is 1.60. The number of aryl methyl sites for hydroxylation is 2. The molecule has 0 radical (unpaired) electrons. The lowest BCUT2D eigenvalue weighted by Gasteiger charge is -2.30. The maximum absolute atomic E-state index is 5.77. The molecule has 1 aliphatic heterocycles. The number of rotatable bonds is 4. The minimum Gasteiger partial charge on any atom is -0.374 e. The van der Waals surface area contributed by atoms with Crippen LogP contribution in [-0.2, 0) is 11.3 Å². The molecule has 3 heterocycles. The summed E-state index contributed by atoms with van der Waals surface area (Å²) >= 11 is 1.74. The highest BCUT2D eigenvalue weighted by atomic mass is 32.1. The third kappa shape index (κ3) is 2.88. The largest absolute Gasteiger partial charge is 0.374 e. The molecular formula is C14H22N4OS. The predicted molar refractivity (Wildman–Crippen MR) is 81.5 cm³/mol. The van der Waals surface area contributed by atoms with Gasteiger partial charge in [0.05, 0.1) is 24.1 Å². The minimum absolute atomic E-state index is 0.293. The molecule has 1 fully saturated rings. The molecule has 0 saturated carbocycles. The molecular weight excluding hydrogens is 272 g/mol. The highest BCUT2D eigenvalue weighted by Gasteiger charge is 2.17. The van der Waals surface area contributed by atoms with E-state index in [2.05, 4.69) is 46.7 Å². The maximum Gasteiger partial charge on any atom is 0.194 e. The van der Waals surface area contributed by atoms with Gasteiger partial charge in [-0.2, -0.15) is 0 Å². The average molecular weight is 294 g/mol. The van der Waals surface area contributed by atoms with Crippen molar-refractivity contribution in [3.8, 4) is 0 Å². The Morgan fingerprint density at radius 2 is 2.35 bits per heavy atom. The molecule has 0 aliphatic carbocycles. The predicted octanol–water partition coefficient (Wildman–Crippen LogP) is 1.43. The van der Waals surface area contributed by atoms with Crippen LogP contribution in [0.4, 0.5) is 0 Å². The monoisotopic (exact) mass is 294 g/mol. The second-order valence-electron chi connectivity index (χ2n) is 5.52. The number of nitrogens with one attached hydrogen (secondary N) is 1. The summed E-state index contributed by atoms with van der Waals surface area (Å²) in [5, 5.41) is 3.51. The Morgan fingerprint density at radius 1 is 1.50 bits per heavy atom. The number of hydrogen-bond acceptors (Lipinski definition) is 5. The zero-order valence-electron chi connectivity index (χ0n) is 12.3. The Bertz CT molecular complexity index is 591. The van der Waals surface area contributed by atoms with E-state index in [0.717, 1.165) is 43.4 Å². The fraction of sp³-hybridized carbons (Fsp3) is 0.643. The molecule has 5 nitrogen and oxygen atoms in total. The van der Waals surface area contributed by atoms with Gasteiger partial charge in [0.25, 0.3) is 0 Å². The average Bonchev–Trinajstić information content (AvgIpc) is 2.87. The van der Waals surface area contributed by atoms with Gasteiger partial charge in [-0.25, -0.2) is 4.98 Å². The molecule has 1 atom stereocenters. The number of ether oxygens (including phenoxy) is 1. The summed E-state index contributed by atoms with van der Waals surface area (Å²) in [6.07, 6.45) is 2.46. The maximum atomic E-state index is 5.77. The first-order valence-corrected chi connectivity index (χ1v) is 7.90. The number of likely N-dealkylation sites (N-methyl/N-ethyl adjacent to an activating group) is 1. The van der Waals surface area contributed by atoms with E-state index in [1.165, 1.54) is 10.6 Å². The molecule has 0 spiro atoms. The minimum atomic E-state index is 0.293. The molecule has 3 rings (SSSR count). The smallest absolute Gasteiger partial charge is 0.194 e. The van der Waals surface area contributed by atoms with E-state index in [-0.39, 0.29) is 0 Å². The van der Waals surface area contributed by atoms with Gasteiger partial charge in [0.1, 0.15) is 0 Å². The fourth-order valence-corrected chi connectivity index (χ4v) is 3.55. The summed E-state index contributed by atoms with van der Waals surface area (Å²) in [5.74, 6) is 0. The van der Waals surface area contributed by atoms with Crippen LogP contribution in [0.3, 0.4) is 0 Å². The van der Waals surface area contributed by atoms with Gasteiger partial charge >= 0.3 is 0 Å². The number of thiazole rings is 1. The van der Waals surface area contributed by atoms with Gasteiger partial charge in [-0.3, -0.25) is 4.40 Å². The molecule has 0 bridgehead atoms. The van der Waals surface area contributed by atoms with Crippen molar-refractivity contribution in [2.75, 3.05) is 33.3 Å². The molecule has 6 heteroatoms. The lowest BCUT2D eigenvalue weighted by molar-refractivity contribution is -0.0182. The van der Waals surface area contributed by atoms with Gasteiger partial charge in [0.15, 0.2) is 4.96 Å². The van der Waals surface area contributed by atoms with Gasteiger partial charge in [-0.15, -0.1) is 11.3 Å². The lowest BCUT2D eigenvalue weighted by Crippen LogP contribution is -2.44. The van der Waals surface area contributed by atoms with Crippen molar-refractivity contribution in [2.24, 2.45) is 0 Å². The van der Waals surface area contributed by atoms with Crippen LogP contribution in [0.2, 0.25) is 0 Å². The Hall–Kier alpha value is -0.950. The number of nitrogens with zero attached hydrogens (tertiary/aromatic N) is 3. The molecule has 0 amide bonds. The van der Waals surface area contributed by atoms with Crippen molar-refractivity contribution in [3.63, 3.8) is 0 Å². The third-order valence-electron chi connectivity index (χ3n) is 3.75. The highest BCUT2D eigenvalue weighted by Crippen LogP contribution is 2.20. The first kappa shape index (κ1) is 14.0. The SMILES string of the molecule is Cc1cn2c(CNC[C@H]3CN(C)CCO3)c(C)nc2s1. The van der Waals surface area contributed by atoms with E-state index in [0.29, 0.717) is 6.10 Å². The highest BCUT2D eigenvalue weighted by molar-refractivity contribution is 7.17. The zero-order chi connectivity index (χ0) is 14.1. The molecule has 20 heavy (non-hydrogen) atoms. The number of morpholine rings is 1. The number of hydrogen-bond donors (Lipinski definition) is 1. The van der Waals surface area contributed by atoms with Crippen LogP contribution in [-0.4, -0.2) is 53.7 Å². The fourth-order valence-electron chi connectivity index (χ4n) is 2.66. The van der Waals surface area contributed by atoms with Crippen LogP contribution >= 0.6 is 11.3 Å². The van der Waals surface area contributed by atoms with Gasteiger partial charge in [-0.1, -0.05) is 0 Å². The van der Waals surface area contributed by atoms with E-state index >= 15 is 0 Å². The topological polar surface area (TPSA) is 41.8 Å². The Morgan fingerprint density at radius 3 is 3.15 bits per heavy atom. The standard InChI is InChI=1S/C14H22N4OS/c1-10-8-18-13(11(2)16-14(18)20-10)7-15-6-12-9-17(3)4-5-19-12/h8,12,15H,4-7,9H2,1-3H3/t12-/m0/s1. The van der Waals surface area contributed by atoms with Crippen LogP contribution in [0.1, 0.15) is 16.3 Å². The number of fused-ring (bicyclic) bond motifs is 1. The molecule has 1 saturated heterocycles. The van der Waals surface area contributed by atoms with Crippen molar-refractivity contribution in [2.45, 2.75) is 26.5 Å². The summed E-state index contributed by atoms with van der Waals surface area (Å²) < 4.78 is 7.97. The Kier molecular flexibility index (Phi) is 4.07. The second-order valence-corrected chi connectivity index (χ2v) is 6.74. The first-order valence-electron chi connectivity index (χ1n) is 7.08. The Labute approximate surface area is 123 Å². The first-order chi connectivity index (χ1) is 9.63. The summed E-state index contributed by atoms with van der Waals surface area (Å²) in [6.45, 7) is 8.81. The van der Waals surface area contributed by atoms with Gasteiger partial charge in [0.2, 0.25) is 0 Å². The number of aromatic nitrogens is 2. The lowest BCUT2D eigenvalue weighted by atomic mass is 10.2. The molecule has 1 N–H and O–H groups in total. The molecule has 110 valence electrons. The van der Waals surface area contributed by atoms with E-state index in [1.807, 2.05) is 0 Å². The normalized spacial score (nSPS) is 20.9. The summed E-state index contributed by atoms with van der Waals surface area (Å²) in [6, 6.07) is 0. The molecule has 2 aromatic rings.